The second-order valence-electron chi connectivity index (χ2n) is 7.04. The van der Waals surface area contributed by atoms with Crippen molar-refractivity contribution < 1.29 is 37.3 Å². The second kappa shape index (κ2) is 9.25. The minimum absolute atomic E-state index is 0.00755. The summed E-state index contributed by atoms with van der Waals surface area (Å²) in [5.74, 6) is -2.04. The Labute approximate surface area is 174 Å². The van der Waals surface area contributed by atoms with Gasteiger partial charge >= 0.3 is 12.1 Å². The summed E-state index contributed by atoms with van der Waals surface area (Å²) in [4.78, 5) is 27.3. The summed E-state index contributed by atoms with van der Waals surface area (Å²) in [6.45, 7) is 1.80. The van der Waals surface area contributed by atoms with Gasteiger partial charge in [-0.15, -0.1) is 0 Å². The molecule has 2 aliphatic rings. The van der Waals surface area contributed by atoms with Gasteiger partial charge in [-0.2, -0.15) is 23.4 Å². The van der Waals surface area contributed by atoms with Crippen molar-refractivity contribution in [3.8, 4) is 5.75 Å². The molecule has 0 bridgehead atoms. The number of carboxylic acids is 1. The standard InChI is InChI=1S/C17H18N4O3.C2HF3O2/c22-16(13-3-6-19-20-9-13)21-7-4-17(12-21)8-15(11-23-17)24-14-2-1-5-18-10-14;3-2(4,5)1(6)7/h1-3,5-6,9-10,15H,4,7-8,11-12H2;(H,6,7)/t15-,17-;/m0./s1. The molecular formula is C19H19F3N4O5. The second-order valence-corrected chi connectivity index (χ2v) is 7.04. The summed E-state index contributed by atoms with van der Waals surface area (Å²) in [6, 6.07) is 5.42. The molecule has 1 spiro atoms. The minimum Gasteiger partial charge on any atom is -0.486 e. The highest BCUT2D eigenvalue weighted by atomic mass is 19.4. The maximum atomic E-state index is 12.5. The van der Waals surface area contributed by atoms with Gasteiger partial charge in [-0.1, -0.05) is 0 Å². The summed E-state index contributed by atoms with van der Waals surface area (Å²) >= 11 is 0. The van der Waals surface area contributed by atoms with Crippen LogP contribution < -0.4 is 4.74 Å². The van der Waals surface area contributed by atoms with Crippen LogP contribution in [0, 0.1) is 0 Å². The molecule has 166 valence electrons. The van der Waals surface area contributed by atoms with Crippen molar-refractivity contribution in [3.05, 3.63) is 48.5 Å². The number of rotatable bonds is 3. The fourth-order valence-electron chi connectivity index (χ4n) is 3.39. The van der Waals surface area contributed by atoms with Crippen molar-refractivity contribution >= 4 is 11.9 Å². The Morgan fingerprint density at radius 2 is 2.00 bits per heavy atom. The molecule has 2 aliphatic heterocycles. The number of carboxylic acid groups (broad SMARTS) is 1. The SMILES string of the molecule is O=C(O)C(F)(F)F.O=C(c1ccnnc1)N1CC[C@]2(C[C@H](Oc3cccnc3)CO2)C1. The fraction of sp³-hybridized carbons (Fsp3) is 0.421. The molecule has 31 heavy (non-hydrogen) atoms. The fourth-order valence-corrected chi connectivity index (χ4v) is 3.39. The molecule has 1 amide bonds. The van der Waals surface area contributed by atoms with E-state index in [1.807, 2.05) is 17.0 Å². The zero-order valence-electron chi connectivity index (χ0n) is 16.2. The summed E-state index contributed by atoms with van der Waals surface area (Å²) in [5, 5.41) is 14.6. The van der Waals surface area contributed by atoms with Gasteiger partial charge in [0.15, 0.2) is 0 Å². The predicted octanol–water partition coefficient (Wildman–Crippen LogP) is 1.96. The van der Waals surface area contributed by atoms with E-state index in [9.17, 15) is 18.0 Å². The predicted molar refractivity (Wildman–Crippen MR) is 98.2 cm³/mol. The smallest absolute Gasteiger partial charge is 0.486 e. The number of likely N-dealkylation sites (tertiary alicyclic amines) is 1. The number of ether oxygens (including phenoxy) is 2. The van der Waals surface area contributed by atoms with Gasteiger partial charge in [0.05, 0.1) is 42.9 Å². The van der Waals surface area contributed by atoms with Crippen molar-refractivity contribution in [2.45, 2.75) is 30.7 Å². The number of pyridine rings is 1. The third-order valence-corrected chi connectivity index (χ3v) is 4.79. The molecule has 4 heterocycles. The first-order chi connectivity index (χ1) is 14.7. The third-order valence-electron chi connectivity index (χ3n) is 4.79. The Bertz CT molecular complexity index is 900. The monoisotopic (exact) mass is 440 g/mol. The van der Waals surface area contributed by atoms with Crippen LogP contribution in [0.4, 0.5) is 13.2 Å². The Morgan fingerprint density at radius 3 is 2.61 bits per heavy atom. The van der Waals surface area contributed by atoms with E-state index in [1.165, 1.54) is 12.4 Å². The van der Waals surface area contributed by atoms with Gasteiger partial charge in [0.25, 0.3) is 5.91 Å². The molecule has 4 rings (SSSR count). The van der Waals surface area contributed by atoms with Gasteiger partial charge in [-0.3, -0.25) is 9.78 Å². The summed E-state index contributed by atoms with van der Waals surface area (Å²) in [6.07, 6.45) is 2.96. The number of carbonyl (C=O) groups is 2. The van der Waals surface area contributed by atoms with Gasteiger partial charge < -0.3 is 19.5 Å². The van der Waals surface area contributed by atoms with Crippen LogP contribution in [0.2, 0.25) is 0 Å². The van der Waals surface area contributed by atoms with Crippen molar-refractivity contribution in [1.82, 2.24) is 20.1 Å². The van der Waals surface area contributed by atoms with Crippen LogP contribution in [0.15, 0.2) is 43.0 Å². The number of halogens is 3. The van der Waals surface area contributed by atoms with Crippen molar-refractivity contribution in [3.63, 3.8) is 0 Å². The van der Waals surface area contributed by atoms with Crippen LogP contribution in [0.3, 0.4) is 0 Å². The number of amides is 1. The molecule has 2 fully saturated rings. The highest BCUT2D eigenvalue weighted by Gasteiger charge is 2.47. The molecule has 0 aromatic carbocycles. The maximum absolute atomic E-state index is 12.5. The number of hydrogen-bond donors (Lipinski definition) is 1. The van der Waals surface area contributed by atoms with Crippen molar-refractivity contribution in [2.75, 3.05) is 19.7 Å². The average Bonchev–Trinajstić information content (AvgIpc) is 3.35. The topological polar surface area (TPSA) is 115 Å². The van der Waals surface area contributed by atoms with E-state index in [4.69, 9.17) is 19.4 Å². The van der Waals surface area contributed by atoms with Crippen LogP contribution >= 0.6 is 0 Å². The summed E-state index contributed by atoms with van der Waals surface area (Å²) in [5.41, 5.74) is 0.256. The molecule has 0 radical (unpaired) electrons. The lowest BCUT2D eigenvalue weighted by Gasteiger charge is -2.23. The molecule has 2 saturated heterocycles. The van der Waals surface area contributed by atoms with Crippen molar-refractivity contribution in [1.29, 1.82) is 0 Å². The number of nitrogens with zero attached hydrogens (tertiary/aromatic N) is 4. The summed E-state index contributed by atoms with van der Waals surface area (Å²) < 4.78 is 43.7. The molecule has 0 saturated carbocycles. The molecule has 9 nitrogen and oxygen atoms in total. The Balaban J connectivity index is 0.000000339. The first-order valence-corrected chi connectivity index (χ1v) is 9.25. The van der Waals surface area contributed by atoms with Crippen LogP contribution in [-0.4, -0.2) is 74.6 Å². The number of hydrogen-bond acceptors (Lipinski definition) is 7. The molecule has 12 heteroatoms. The average molecular weight is 440 g/mol. The summed E-state index contributed by atoms with van der Waals surface area (Å²) in [7, 11) is 0. The molecule has 2 atom stereocenters. The first-order valence-electron chi connectivity index (χ1n) is 9.25. The molecular weight excluding hydrogens is 421 g/mol. The molecule has 1 N–H and O–H groups in total. The minimum atomic E-state index is -5.08. The number of aliphatic carboxylic acids is 1. The Kier molecular flexibility index (Phi) is 6.68. The van der Waals surface area contributed by atoms with Gasteiger partial charge in [-0.25, -0.2) is 4.79 Å². The van der Waals surface area contributed by atoms with Gasteiger partial charge in [0, 0.05) is 19.2 Å². The lowest BCUT2D eigenvalue weighted by atomic mass is 9.98. The molecule has 2 aromatic heterocycles. The third kappa shape index (κ3) is 5.87. The van der Waals surface area contributed by atoms with E-state index in [1.54, 1.807) is 18.5 Å². The molecule has 2 aromatic rings. The van der Waals surface area contributed by atoms with Gasteiger partial charge in [0.1, 0.15) is 11.9 Å². The first kappa shape index (κ1) is 22.4. The maximum Gasteiger partial charge on any atom is 0.490 e. The van der Waals surface area contributed by atoms with E-state index in [0.29, 0.717) is 25.3 Å². The lowest BCUT2D eigenvalue weighted by molar-refractivity contribution is -0.192. The number of alkyl halides is 3. The Hall–Kier alpha value is -3.28. The molecule has 0 unspecified atom stereocenters. The van der Waals surface area contributed by atoms with Crippen LogP contribution in [0.1, 0.15) is 23.2 Å². The van der Waals surface area contributed by atoms with Gasteiger partial charge in [-0.05, 0) is 24.6 Å². The van der Waals surface area contributed by atoms with E-state index in [0.717, 1.165) is 18.6 Å². The highest BCUT2D eigenvalue weighted by Crippen LogP contribution is 2.37. The quantitative estimate of drug-likeness (QED) is 0.770. The highest BCUT2D eigenvalue weighted by molar-refractivity contribution is 5.94. The Morgan fingerprint density at radius 1 is 1.23 bits per heavy atom. The van der Waals surface area contributed by atoms with E-state index in [2.05, 4.69) is 15.2 Å². The lowest BCUT2D eigenvalue weighted by Crippen LogP contribution is -2.36. The van der Waals surface area contributed by atoms with Crippen LogP contribution in [-0.2, 0) is 9.53 Å². The van der Waals surface area contributed by atoms with Crippen molar-refractivity contribution in [2.24, 2.45) is 0 Å². The zero-order valence-corrected chi connectivity index (χ0v) is 16.2. The van der Waals surface area contributed by atoms with Crippen LogP contribution in [0.25, 0.3) is 0 Å². The number of carbonyl (C=O) groups excluding carboxylic acids is 1. The van der Waals surface area contributed by atoms with E-state index in [-0.39, 0.29) is 17.6 Å². The molecule has 0 aliphatic carbocycles. The number of aromatic nitrogens is 3. The van der Waals surface area contributed by atoms with Gasteiger partial charge in [0.2, 0.25) is 0 Å². The zero-order chi connectivity index (χ0) is 22.5. The van der Waals surface area contributed by atoms with Crippen LogP contribution in [0.5, 0.6) is 5.75 Å². The van der Waals surface area contributed by atoms with E-state index < -0.39 is 12.1 Å². The largest absolute Gasteiger partial charge is 0.490 e. The van der Waals surface area contributed by atoms with E-state index >= 15 is 0 Å². The normalized spacial score (nSPS) is 22.7.